The normalized spacial score (nSPS) is 16.7. The Morgan fingerprint density at radius 3 is 2.69 bits per heavy atom. The van der Waals surface area contributed by atoms with E-state index in [1.165, 1.54) is 32.9 Å². The third-order valence-corrected chi connectivity index (χ3v) is 9.86. The smallest absolute Gasteiger partial charge is 0.271 e. The number of halogens is 2. The van der Waals surface area contributed by atoms with Gasteiger partial charge in [-0.1, -0.05) is 54.3 Å². The second-order valence-electron chi connectivity index (χ2n) is 8.54. The number of hydrogen-bond acceptors (Lipinski definition) is 5. The van der Waals surface area contributed by atoms with Crippen LogP contribution in [0.25, 0.3) is 11.8 Å². The van der Waals surface area contributed by atoms with Crippen LogP contribution in [0.4, 0.5) is 0 Å². The molecule has 180 valence electrons. The number of allylic oxidation sites excluding steroid dienone is 1. The average molecular weight is 734 g/mol. The molecule has 1 aliphatic carbocycles. The van der Waals surface area contributed by atoms with Gasteiger partial charge in [-0.15, -0.1) is 11.3 Å². The molecule has 0 amide bonds. The highest BCUT2D eigenvalue weighted by Crippen LogP contribution is 2.42. The first-order valence-corrected chi connectivity index (χ1v) is 15.3. The van der Waals surface area contributed by atoms with Crippen LogP contribution in [0.3, 0.4) is 0 Å². The van der Waals surface area contributed by atoms with Crippen molar-refractivity contribution in [2.75, 3.05) is 6.61 Å². The van der Waals surface area contributed by atoms with E-state index in [-0.39, 0.29) is 11.6 Å². The molecule has 8 heteroatoms. The third-order valence-electron chi connectivity index (χ3n) is 6.35. The van der Waals surface area contributed by atoms with Gasteiger partial charge in [0.2, 0.25) is 0 Å². The summed E-state index contributed by atoms with van der Waals surface area (Å²) in [6.07, 6.45) is 5.59. The zero-order valence-corrected chi connectivity index (χ0v) is 25.0. The summed E-state index contributed by atoms with van der Waals surface area (Å²) in [4.78, 5) is 20.9. The quantitative estimate of drug-likeness (QED) is 0.183. The minimum Gasteiger partial charge on any atom is -0.487 e. The van der Waals surface area contributed by atoms with E-state index in [0.717, 1.165) is 41.8 Å². The van der Waals surface area contributed by atoms with Crippen LogP contribution in [0.5, 0.6) is 5.75 Å². The number of benzene rings is 2. The van der Waals surface area contributed by atoms with Crippen molar-refractivity contribution in [2.45, 2.75) is 18.9 Å². The maximum Gasteiger partial charge on any atom is 0.271 e. The van der Waals surface area contributed by atoms with E-state index in [1.54, 1.807) is 17.4 Å². The summed E-state index contributed by atoms with van der Waals surface area (Å²) in [5.74, 6) is 0.846. The number of hydrogen-bond donors (Lipinski definition) is 0. The maximum atomic E-state index is 13.8. The van der Waals surface area contributed by atoms with E-state index in [0.29, 0.717) is 11.1 Å². The van der Waals surface area contributed by atoms with Crippen LogP contribution in [-0.2, 0) is 6.42 Å². The summed E-state index contributed by atoms with van der Waals surface area (Å²) in [6, 6.07) is 16.7. The fraction of sp³-hybridized carbons (Fsp3) is 0.143. The SMILES string of the molecule is C=CCOc1c(I)cc(/C=c2/sc3n(c2=O)[C@@H](c2cccs2)C2=C(N=3)c3ccccc3CC2)cc1I. The standard InChI is InChI=1S/C28H20I2N2O2S2/c1-2-11-34-26-20(29)13-16(14-21(26)30)15-23-27(33)32-25(22-8-5-12-35-22)19-10-9-17-6-3-4-7-18(17)24(19)31-28(32)36-23/h2-8,12-15,25H,1,9-11H2/b23-15+/t25-/m1/s1. The minimum absolute atomic E-state index is 0.0135. The number of nitrogens with zero attached hydrogens (tertiary/aromatic N) is 2. The van der Waals surface area contributed by atoms with Gasteiger partial charge in [0.05, 0.1) is 23.4 Å². The van der Waals surface area contributed by atoms with E-state index >= 15 is 0 Å². The summed E-state index contributed by atoms with van der Waals surface area (Å²) in [7, 11) is 0. The Morgan fingerprint density at radius 2 is 1.94 bits per heavy atom. The Bertz CT molecular complexity index is 1690. The highest BCUT2D eigenvalue weighted by molar-refractivity contribution is 14.1. The van der Waals surface area contributed by atoms with Crippen LogP contribution < -0.4 is 19.6 Å². The molecule has 0 N–H and O–H groups in total. The predicted molar refractivity (Wildman–Crippen MR) is 165 cm³/mol. The van der Waals surface area contributed by atoms with Crippen LogP contribution >= 0.6 is 67.9 Å². The molecule has 36 heavy (non-hydrogen) atoms. The molecule has 4 aromatic rings. The van der Waals surface area contributed by atoms with Gasteiger partial charge in [0.15, 0.2) is 4.80 Å². The summed E-state index contributed by atoms with van der Waals surface area (Å²) in [5, 5.41) is 2.09. The Morgan fingerprint density at radius 1 is 1.14 bits per heavy atom. The maximum absolute atomic E-state index is 13.8. The number of thiazole rings is 1. The second-order valence-corrected chi connectivity index (χ2v) is 12.9. The molecular formula is C28H20I2N2O2S2. The van der Waals surface area contributed by atoms with Crippen LogP contribution in [0.15, 0.2) is 81.9 Å². The fourth-order valence-corrected chi connectivity index (χ4v) is 8.79. The summed E-state index contributed by atoms with van der Waals surface area (Å²) >= 11 is 7.74. The minimum atomic E-state index is -0.110. The first-order chi connectivity index (χ1) is 17.5. The van der Waals surface area contributed by atoms with E-state index in [1.807, 2.05) is 10.6 Å². The van der Waals surface area contributed by atoms with Gasteiger partial charge in [-0.3, -0.25) is 9.36 Å². The topological polar surface area (TPSA) is 43.6 Å². The average Bonchev–Trinajstić information content (AvgIpc) is 3.51. The van der Waals surface area contributed by atoms with Gasteiger partial charge in [0.1, 0.15) is 12.4 Å². The lowest BCUT2D eigenvalue weighted by atomic mass is 9.85. The molecule has 3 heterocycles. The van der Waals surface area contributed by atoms with E-state index in [4.69, 9.17) is 9.73 Å². The lowest BCUT2D eigenvalue weighted by Crippen LogP contribution is -2.38. The molecule has 0 fully saturated rings. The van der Waals surface area contributed by atoms with Crippen molar-refractivity contribution in [1.82, 2.24) is 4.57 Å². The van der Waals surface area contributed by atoms with Crippen LogP contribution in [-0.4, -0.2) is 11.2 Å². The highest BCUT2D eigenvalue weighted by Gasteiger charge is 2.33. The second kappa shape index (κ2) is 10.0. The van der Waals surface area contributed by atoms with Gasteiger partial charge in [-0.05, 0) is 104 Å². The first-order valence-electron chi connectivity index (χ1n) is 11.4. The van der Waals surface area contributed by atoms with Crippen LogP contribution in [0, 0.1) is 7.14 Å². The third kappa shape index (κ3) is 4.25. The van der Waals surface area contributed by atoms with Crippen molar-refractivity contribution in [1.29, 1.82) is 0 Å². The van der Waals surface area contributed by atoms with Crippen molar-refractivity contribution in [3.63, 3.8) is 0 Å². The first kappa shape index (κ1) is 24.3. The van der Waals surface area contributed by atoms with Crippen molar-refractivity contribution in [3.8, 4) is 5.75 Å². The van der Waals surface area contributed by atoms with Crippen molar-refractivity contribution < 1.29 is 4.74 Å². The fourth-order valence-electron chi connectivity index (χ4n) is 4.81. The summed E-state index contributed by atoms with van der Waals surface area (Å²) < 4.78 is 10.4. The molecule has 0 saturated heterocycles. The molecule has 0 spiro atoms. The van der Waals surface area contributed by atoms with Gasteiger partial charge in [-0.2, -0.15) is 0 Å². The van der Waals surface area contributed by atoms with Crippen LogP contribution in [0.1, 0.15) is 34.0 Å². The monoisotopic (exact) mass is 734 g/mol. The number of aromatic nitrogens is 1. The molecular weight excluding hydrogens is 714 g/mol. The molecule has 0 unspecified atom stereocenters. The predicted octanol–water partition coefficient (Wildman–Crippen LogP) is 6.15. The van der Waals surface area contributed by atoms with Crippen molar-refractivity contribution in [3.05, 3.63) is 121 Å². The molecule has 1 aliphatic heterocycles. The van der Waals surface area contributed by atoms with Crippen molar-refractivity contribution >= 4 is 79.6 Å². The highest BCUT2D eigenvalue weighted by atomic mass is 127. The van der Waals surface area contributed by atoms with Crippen LogP contribution in [0.2, 0.25) is 0 Å². The Hall–Kier alpha value is -2.02. The molecule has 0 saturated carbocycles. The summed E-state index contributed by atoms with van der Waals surface area (Å²) in [5.41, 5.74) is 5.78. The zero-order valence-electron chi connectivity index (χ0n) is 19.0. The Labute approximate surface area is 243 Å². The van der Waals surface area contributed by atoms with E-state index < -0.39 is 0 Å². The van der Waals surface area contributed by atoms with Gasteiger partial charge < -0.3 is 4.74 Å². The molecule has 2 aromatic heterocycles. The van der Waals surface area contributed by atoms with Gasteiger partial charge in [0, 0.05) is 10.4 Å². The lowest BCUT2D eigenvalue weighted by Gasteiger charge is -2.30. The summed E-state index contributed by atoms with van der Waals surface area (Å²) in [6.45, 7) is 4.19. The molecule has 6 rings (SSSR count). The van der Waals surface area contributed by atoms with Crippen molar-refractivity contribution in [2.24, 2.45) is 4.99 Å². The Kier molecular flexibility index (Phi) is 6.78. The number of ether oxygens (including phenoxy) is 1. The van der Waals surface area contributed by atoms with E-state index in [9.17, 15) is 4.79 Å². The number of aryl methyl sites for hydroxylation is 1. The zero-order chi connectivity index (χ0) is 24.8. The van der Waals surface area contributed by atoms with E-state index in [2.05, 4.69) is 106 Å². The number of fused-ring (bicyclic) bond motifs is 3. The van der Waals surface area contributed by atoms with Gasteiger partial charge in [-0.25, -0.2) is 4.99 Å². The molecule has 1 atom stereocenters. The molecule has 0 radical (unpaired) electrons. The largest absolute Gasteiger partial charge is 0.487 e. The van der Waals surface area contributed by atoms with Gasteiger partial charge >= 0.3 is 0 Å². The molecule has 4 nitrogen and oxygen atoms in total. The number of thiophene rings is 1. The Balaban J connectivity index is 1.53. The molecule has 0 bridgehead atoms. The lowest BCUT2D eigenvalue weighted by molar-refractivity contribution is 0.358. The van der Waals surface area contributed by atoms with Gasteiger partial charge in [0.25, 0.3) is 5.56 Å². The molecule has 2 aromatic carbocycles. The molecule has 2 aliphatic rings. The number of rotatable bonds is 5.